The molecule has 1 aromatic carbocycles. The van der Waals surface area contributed by atoms with E-state index >= 15 is 0 Å². The molecule has 0 saturated heterocycles. The van der Waals surface area contributed by atoms with Crippen LogP contribution in [0.4, 0.5) is 5.69 Å². The number of rotatable bonds is 4. The van der Waals surface area contributed by atoms with E-state index in [1.54, 1.807) is 13.8 Å². The first kappa shape index (κ1) is 15.5. The molecule has 0 aromatic heterocycles. The van der Waals surface area contributed by atoms with Gasteiger partial charge in [-0.15, -0.1) is 0 Å². The minimum Gasteiger partial charge on any atom is -0.481 e. The Morgan fingerprint density at radius 1 is 1.29 bits per heavy atom. The van der Waals surface area contributed by atoms with E-state index in [4.69, 9.17) is 10.2 Å². The van der Waals surface area contributed by atoms with Gasteiger partial charge < -0.3 is 10.4 Å². The Morgan fingerprint density at radius 2 is 1.90 bits per heavy atom. The molecule has 114 valence electrons. The van der Waals surface area contributed by atoms with Crippen LogP contribution >= 0.6 is 0 Å². The van der Waals surface area contributed by atoms with Gasteiger partial charge in [0, 0.05) is 5.69 Å². The lowest BCUT2D eigenvalue weighted by molar-refractivity contribution is -0.140. The Kier molecular flexibility index (Phi) is 3.54. The SMILES string of the molecule is CC1(C)[C@H](C(=O)O)[C@@H]1C(=O)Nc1cccc(S(N)(=O)=O)c1. The van der Waals surface area contributed by atoms with E-state index in [2.05, 4.69) is 5.32 Å². The van der Waals surface area contributed by atoms with Crippen molar-refractivity contribution in [3.05, 3.63) is 24.3 Å². The third-order valence-corrected chi connectivity index (χ3v) is 4.72. The Bertz CT molecular complexity index is 711. The summed E-state index contributed by atoms with van der Waals surface area (Å²) in [5.74, 6) is -2.84. The molecule has 2 rings (SSSR count). The van der Waals surface area contributed by atoms with E-state index < -0.39 is 39.2 Å². The molecule has 1 aromatic rings. The number of carboxylic acid groups (broad SMARTS) is 1. The van der Waals surface area contributed by atoms with Crippen LogP contribution in [0.1, 0.15) is 13.8 Å². The molecule has 1 saturated carbocycles. The summed E-state index contributed by atoms with van der Waals surface area (Å²) in [6.45, 7) is 3.41. The number of aliphatic carboxylic acids is 1. The van der Waals surface area contributed by atoms with Crippen LogP contribution in [0, 0.1) is 17.3 Å². The first-order valence-electron chi connectivity index (χ1n) is 6.21. The van der Waals surface area contributed by atoms with Crippen molar-refractivity contribution in [1.82, 2.24) is 0 Å². The van der Waals surface area contributed by atoms with E-state index in [-0.39, 0.29) is 10.6 Å². The predicted molar refractivity (Wildman–Crippen MR) is 74.8 cm³/mol. The summed E-state index contributed by atoms with van der Waals surface area (Å²) < 4.78 is 22.5. The summed E-state index contributed by atoms with van der Waals surface area (Å²) in [6.07, 6.45) is 0. The van der Waals surface area contributed by atoms with Gasteiger partial charge in [0.2, 0.25) is 15.9 Å². The lowest BCUT2D eigenvalue weighted by Crippen LogP contribution is -2.18. The summed E-state index contributed by atoms with van der Waals surface area (Å²) in [6, 6.07) is 5.50. The normalized spacial score (nSPS) is 23.4. The molecule has 8 heteroatoms. The highest BCUT2D eigenvalue weighted by Gasteiger charge is 2.65. The fourth-order valence-electron chi connectivity index (χ4n) is 2.56. The zero-order valence-electron chi connectivity index (χ0n) is 11.5. The number of carbonyl (C=O) groups excluding carboxylic acids is 1. The molecule has 1 aliphatic rings. The number of carbonyl (C=O) groups is 2. The van der Waals surface area contributed by atoms with Crippen LogP contribution in [-0.4, -0.2) is 25.4 Å². The number of sulfonamides is 1. The molecule has 4 N–H and O–H groups in total. The fourth-order valence-corrected chi connectivity index (χ4v) is 3.12. The number of anilines is 1. The minimum absolute atomic E-state index is 0.120. The van der Waals surface area contributed by atoms with Crippen LogP contribution in [0.5, 0.6) is 0 Å². The molecule has 1 fully saturated rings. The Morgan fingerprint density at radius 3 is 2.38 bits per heavy atom. The zero-order valence-corrected chi connectivity index (χ0v) is 12.3. The van der Waals surface area contributed by atoms with Gasteiger partial charge in [0.05, 0.1) is 16.7 Å². The van der Waals surface area contributed by atoms with Crippen molar-refractivity contribution >= 4 is 27.6 Å². The summed E-state index contributed by atoms with van der Waals surface area (Å²) in [7, 11) is -3.86. The smallest absolute Gasteiger partial charge is 0.307 e. The third-order valence-electron chi connectivity index (χ3n) is 3.81. The highest BCUT2D eigenvalue weighted by atomic mass is 32.2. The molecule has 0 radical (unpaired) electrons. The summed E-state index contributed by atoms with van der Waals surface area (Å²) in [5.41, 5.74) is -0.355. The van der Waals surface area contributed by atoms with E-state index in [1.807, 2.05) is 0 Å². The van der Waals surface area contributed by atoms with Gasteiger partial charge in [-0.05, 0) is 23.6 Å². The van der Waals surface area contributed by atoms with Crippen LogP contribution in [0.25, 0.3) is 0 Å². The van der Waals surface area contributed by atoms with Crippen LogP contribution < -0.4 is 10.5 Å². The monoisotopic (exact) mass is 312 g/mol. The average molecular weight is 312 g/mol. The van der Waals surface area contributed by atoms with Gasteiger partial charge in [-0.3, -0.25) is 9.59 Å². The lowest BCUT2D eigenvalue weighted by Gasteiger charge is -2.07. The van der Waals surface area contributed by atoms with Gasteiger partial charge in [-0.25, -0.2) is 13.6 Å². The minimum atomic E-state index is -3.86. The number of benzene rings is 1. The van der Waals surface area contributed by atoms with Gasteiger partial charge in [0.1, 0.15) is 0 Å². The van der Waals surface area contributed by atoms with Gasteiger partial charge in [-0.1, -0.05) is 19.9 Å². The summed E-state index contributed by atoms with van der Waals surface area (Å²) in [4.78, 5) is 23.0. The van der Waals surface area contributed by atoms with Gasteiger partial charge in [0.15, 0.2) is 0 Å². The number of hydrogen-bond acceptors (Lipinski definition) is 4. The molecule has 2 atom stereocenters. The van der Waals surface area contributed by atoms with E-state index in [0.717, 1.165) is 0 Å². The van der Waals surface area contributed by atoms with E-state index in [9.17, 15) is 18.0 Å². The second-order valence-corrected chi connectivity index (χ2v) is 7.24. The van der Waals surface area contributed by atoms with E-state index in [1.165, 1.54) is 24.3 Å². The maximum Gasteiger partial charge on any atom is 0.307 e. The molecule has 0 heterocycles. The van der Waals surface area contributed by atoms with Crippen molar-refractivity contribution in [2.24, 2.45) is 22.4 Å². The quantitative estimate of drug-likeness (QED) is 0.751. The Labute approximate surface area is 122 Å². The van der Waals surface area contributed by atoms with Crippen LogP contribution in [0.15, 0.2) is 29.2 Å². The second kappa shape index (κ2) is 4.81. The highest BCUT2D eigenvalue weighted by Crippen LogP contribution is 2.58. The Balaban J connectivity index is 2.17. The first-order valence-corrected chi connectivity index (χ1v) is 7.76. The fraction of sp³-hybridized carbons (Fsp3) is 0.385. The zero-order chi connectivity index (χ0) is 16.0. The molecule has 0 bridgehead atoms. The number of amides is 1. The summed E-state index contributed by atoms with van der Waals surface area (Å²) >= 11 is 0. The molecule has 7 nitrogen and oxygen atoms in total. The average Bonchev–Trinajstić information content (AvgIpc) is 2.92. The van der Waals surface area contributed by atoms with Gasteiger partial charge in [-0.2, -0.15) is 0 Å². The highest BCUT2D eigenvalue weighted by molar-refractivity contribution is 7.89. The van der Waals surface area contributed by atoms with Crippen molar-refractivity contribution in [2.45, 2.75) is 18.7 Å². The molecule has 0 aliphatic heterocycles. The van der Waals surface area contributed by atoms with Crippen LogP contribution in [0.3, 0.4) is 0 Å². The van der Waals surface area contributed by atoms with Crippen LogP contribution in [-0.2, 0) is 19.6 Å². The van der Waals surface area contributed by atoms with Gasteiger partial charge >= 0.3 is 5.97 Å². The predicted octanol–water partition coefficient (Wildman–Crippen LogP) is 0.629. The van der Waals surface area contributed by atoms with Gasteiger partial charge in [0.25, 0.3) is 0 Å². The molecule has 0 unspecified atom stereocenters. The molecule has 1 aliphatic carbocycles. The maximum atomic E-state index is 12.1. The number of carboxylic acids is 1. The molecule has 0 spiro atoms. The topological polar surface area (TPSA) is 127 Å². The summed E-state index contributed by atoms with van der Waals surface area (Å²) in [5, 5.41) is 16.6. The second-order valence-electron chi connectivity index (χ2n) is 5.68. The molecule has 21 heavy (non-hydrogen) atoms. The number of nitrogens with one attached hydrogen (secondary N) is 1. The first-order chi connectivity index (χ1) is 9.55. The largest absolute Gasteiger partial charge is 0.481 e. The van der Waals surface area contributed by atoms with E-state index in [0.29, 0.717) is 0 Å². The third kappa shape index (κ3) is 2.91. The van der Waals surface area contributed by atoms with Crippen molar-refractivity contribution in [3.8, 4) is 0 Å². The van der Waals surface area contributed by atoms with Crippen LogP contribution in [0.2, 0.25) is 0 Å². The number of primary sulfonamides is 1. The van der Waals surface area contributed by atoms with Crippen molar-refractivity contribution in [1.29, 1.82) is 0 Å². The number of hydrogen-bond donors (Lipinski definition) is 3. The molecule has 1 amide bonds. The lowest BCUT2D eigenvalue weighted by atomic mass is 10.1. The van der Waals surface area contributed by atoms with Crippen molar-refractivity contribution in [2.75, 3.05) is 5.32 Å². The van der Waals surface area contributed by atoms with Crippen molar-refractivity contribution < 1.29 is 23.1 Å². The Hall–Kier alpha value is -1.93. The van der Waals surface area contributed by atoms with Crippen molar-refractivity contribution in [3.63, 3.8) is 0 Å². The molecular formula is C13H16N2O5S. The standard InChI is InChI=1S/C13H16N2O5S/c1-13(2)9(10(13)12(17)18)11(16)15-7-4-3-5-8(6-7)21(14,19)20/h3-6,9-10H,1-2H3,(H,15,16)(H,17,18)(H2,14,19,20)/t9-,10+/m1/s1. The maximum absolute atomic E-state index is 12.1. The molecular weight excluding hydrogens is 296 g/mol. The number of nitrogens with two attached hydrogens (primary N) is 1.